The van der Waals surface area contributed by atoms with Crippen molar-refractivity contribution in [3.63, 3.8) is 0 Å². The number of aldehydes is 1. The second-order valence-electron chi connectivity index (χ2n) is 4.20. The van der Waals surface area contributed by atoms with E-state index in [4.69, 9.17) is 5.26 Å². The van der Waals surface area contributed by atoms with Crippen LogP contribution in [-0.2, 0) is 4.79 Å². The lowest BCUT2D eigenvalue weighted by atomic mass is 9.68. The molecule has 2 nitrogen and oxygen atoms in total. The number of nitrogens with zero attached hydrogens (tertiary/aromatic N) is 1. The molecule has 0 aliphatic heterocycles. The van der Waals surface area contributed by atoms with Gasteiger partial charge in [0.25, 0.3) is 0 Å². The van der Waals surface area contributed by atoms with Gasteiger partial charge >= 0.3 is 0 Å². The minimum Gasteiger partial charge on any atom is -0.303 e. The van der Waals surface area contributed by atoms with E-state index in [1.165, 1.54) is 6.42 Å². The van der Waals surface area contributed by atoms with Crippen LogP contribution in [0.4, 0.5) is 0 Å². The van der Waals surface area contributed by atoms with Crippen molar-refractivity contribution in [2.24, 2.45) is 23.7 Å². The quantitative estimate of drug-likeness (QED) is 0.611. The number of carbonyl (C=O) groups excluding carboxylic acids is 1. The maximum atomic E-state index is 10.8. The van der Waals surface area contributed by atoms with Gasteiger partial charge in [0.2, 0.25) is 0 Å². The van der Waals surface area contributed by atoms with Crippen LogP contribution < -0.4 is 0 Å². The van der Waals surface area contributed by atoms with Crippen LogP contribution in [-0.4, -0.2) is 6.29 Å². The van der Waals surface area contributed by atoms with Crippen LogP contribution in [0, 0.1) is 35.0 Å². The molecule has 0 unspecified atom stereocenters. The normalized spacial score (nSPS) is 36.2. The molecule has 2 heteroatoms. The highest BCUT2D eigenvalue weighted by Crippen LogP contribution is 2.38. The average Bonchev–Trinajstić information content (AvgIpc) is 2.16. The van der Waals surface area contributed by atoms with Crippen LogP contribution in [0.2, 0.25) is 0 Å². The summed E-state index contributed by atoms with van der Waals surface area (Å²) in [5, 5.41) is 8.85. The fraction of sp³-hybridized carbons (Fsp3) is 0.818. The summed E-state index contributed by atoms with van der Waals surface area (Å²) in [4.78, 5) is 10.8. The Bertz CT molecular complexity index is 219. The highest BCUT2D eigenvalue weighted by atomic mass is 16.1. The summed E-state index contributed by atoms with van der Waals surface area (Å²) in [5.41, 5.74) is 0. The van der Waals surface area contributed by atoms with E-state index in [1.807, 2.05) is 6.92 Å². The van der Waals surface area contributed by atoms with Crippen LogP contribution in [0.3, 0.4) is 0 Å². The minimum atomic E-state index is 0.0190. The predicted octanol–water partition coefficient (Wildman–Crippen LogP) is 2.40. The van der Waals surface area contributed by atoms with E-state index in [0.717, 1.165) is 19.1 Å². The Morgan fingerprint density at radius 3 is 2.77 bits per heavy atom. The first-order valence-corrected chi connectivity index (χ1v) is 5.05. The van der Waals surface area contributed by atoms with Crippen LogP contribution >= 0.6 is 0 Å². The van der Waals surface area contributed by atoms with E-state index >= 15 is 0 Å². The van der Waals surface area contributed by atoms with E-state index in [0.29, 0.717) is 5.92 Å². The van der Waals surface area contributed by atoms with Gasteiger partial charge in [-0.25, -0.2) is 0 Å². The number of hydrogen-bond donors (Lipinski definition) is 0. The zero-order valence-corrected chi connectivity index (χ0v) is 8.36. The monoisotopic (exact) mass is 179 g/mol. The average molecular weight is 179 g/mol. The molecule has 1 rings (SSSR count). The molecule has 0 saturated heterocycles. The van der Waals surface area contributed by atoms with E-state index in [1.54, 1.807) is 0 Å². The number of hydrogen-bond acceptors (Lipinski definition) is 2. The molecule has 1 fully saturated rings. The molecule has 0 aromatic heterocycles. The molecular weight excluding hydrogens is 162 g/mol. The molecular formula is C11H17NO. The highest BCUT2D eigenvalue weighted by Gasteiger charge is 2.34. The SMILES string of the molecule is C[C@@H](C#N)[C@H]1[C@H](C=O)CCC[C@@H]1C. The first-order chi connectivity index (χ1) is 6.20. The largest absolute Gasteiger partial charge is 0.303 e. The summed E-state index contributed by atoms with van der Waals surface area (Å²) >= 11 is 0. The molecule has 13 heavy (non-hydrogen) atoms. The lowest BCUT2D eigenvalue weighted by Gasteiger charge is -2.35. The molecule has 1 saturated carbocycles. The molecule has 1 aliphatic carbocycles. The Kier molecular flexibility index (Phi) is 3.48. The van der Waals surface area contributed by atoms with Crippen LogP contribution in [0.25, 0.3) is 0 Å². The van der Waals surface area contributed by atoms with Gasteiger partial charge in [-0.05, 0) is 25.2 Å². The molecule has 0 amide bonds. The first-order valence-electron chi connectivity index (χ1n) is 5.05. The summed E-state index contributed by atoms with van der Waals surface area (Å²) in [7, 11) is 0. The van der Waals surface area contributed by atoms with E-state index < -0.39 is 0 Å². The summed E-state index contributed by atoms with van der Waals surface area (Å²) in [6.45, 7) is 4.09. The maximum absolute atomic E-state index is 10.8. The van der Waals surface area contributed by atoms with Gasteiger partial charge in [-0.3, -0.25) is 0 Å². The van der Waals surface area contributed by atoms with Gasteiger partial charge in [0.05, 0.1) is 6.07 Å². The predicted molar refractivity (Wildman–Crippen MR) is 50.8 cm³/mol. The van der Waals surface area contributed by atoms with Gasteiger partial charge in [-0.2, -0.15) is 5.26 Å². The van der Waals surface area contributed by atoms with Gasteiger partial charge in [0.1, 0.15) is 6.29 Å². The van der Waals surface area contributed by atoms with Gasteiger partial charge in [0.15, 0.2) is 0 Å². The molecule has 0 spiro atoms. The summed E-state index contributed by atoms with van der Waals surface area (Å²) in [6.07, 6.45) is 4.33. The van der Waals surface area contributed by atoms with Crippen molar-refractivity contribution in [2.45, 2.75) is 33.1 Å². The second-order valence-corrected chi connectivity index (χ2v) is 4.20. The van der Waals surface area contributed by atoms with Crippen molar-refractivity contribution in [1.82, 2.24) is 0 Å². The molecule has 1 aliphatic rings. The lowest BCUT2D eigenvalue weighted by molar-refractivity contribution is -0.114. The van der Waals surface area contributed by atoms with Crippen molar-refractivity contribution < 1.29 is 4.79 Å². The lowest BCUT2D eigenvalue weighted by Crippen LogP contribution is -2.32. The van der Waals surface area contributed by atoms with E-state index in [2.05, 4.69) is 13.0 Å². The first kappa shape index (κ1) is 10.2. The molecule has 0 N–H and O–H groups in total. The third kappa shape index (κ3) is 2.09. The van der Waals surface area contributed by atoms with E-state index in [-0.39, 0.29) is 17.8 Å². The number of rotatable bonds is 2. The van der Waals surface area contributed by atoms with Crippen LogP contribution in [0.5, 0.6) is 0 Å². The van der Waals surface area contributed by atoms with Crippen LogP contribution in [0.15, 0.2) is 0 Å². The van der Waals surface area contributed by atoms with Crippen molar-refractivity contribution >= 4 is 6.29 Å². The third-order valence-corrected chi connectivity index (χ3v) is 3.30. The zero-order chi connectivity index (χ0) is 9.84. The Balaban J connectivity index is 2.74. The maximum Gasteiger partial charge on any atom is 0.123 e. The topological polar surface area (TPSA) is 40.9 Å². The summed E-state index contributed by atoms with van der Waals surface area (Å²) in [6, 6.07) is 2.27. The Morgan fingerprint density at radius 2 is 2.23 bits per heavy atom. The third-order valence-electron chi connectivity index (χ3n) is 3.30. The van der Waals surface area contributed by atoms with Crippen LogP contribution in [0.1, 0.15) is 33.1 Å². The zero-order valence-electron chi connectivity index (χ0n) is 8.36. The van der Waals surface area contributed by atoms with Gasteiger partial charge in [-0.1, -0.05) is 19.8 Å². The molecule has 72 valence electrons. The molecule has 0 aromatic carbocycles. The second kappa shape index (κ2) is 4.41. The molecule has 0 aromatic rings. The molecule has 0 bridgehead atoms. The molecule has 4 atom stereocenters. The Labute approximate surface area is 79.9 Å². The summed E-state index contributed by atoms with van der Waals surface area (Å²) < 4.78 is 0. The van der Waals surface area contributed by atoms with Gasteiger partial charge in [-0.15, -0.1) is 0 Å². The standard InChI is InChI=1S/C11H17NO/c1-8-4-3-5-10(7-13)11(8)9(2)6-12/h7-11H,3-5H2,1-2H3/t8-,9-,10-,11-/m0/s1. The highest BCUT2D eigenvalue weighted by molar-refractivity contribution is 5.54. The van der Waals surface area contributed by atoms with Crippen molar-refractivity contribution in [2.75, 3.05) is 0 Å². The van der Waals surface area contributed by atoms with Crippen molar-refractivity contribution in [3.8, 4) is 6.07 Å². The Hall–Kier alpha value is -0.840. The number of nitriles is 1. The van der Waals surface area contributed by atoms with Crippen molar-refractivity contribution in [1.29, 1.82) is 5.26 Å². The molecule has 0 radical (unpaired) electrons. The summed E-state index contributed by atoms with van der Waals surface area (Å²) in [5.74, 6) is 0.957. The van der Waals surface area contributed by atoms with E-state index in [9.17, 15) is 4.79 Å². The van der Waals surface area contributed by atoms with Crippen molar-refractivity contribution in [3.05, 3.63) is 0 Å². The van der Waals surface area contributed by atoms with Gasteiger partial charge in [0, 0.05) is 11.8 Å². The smallest absolute Gasteiger partial charge is 0.123 e. The number of carbonyl (C=O) groups is 1. The minimum absolute atomic E-state index is 0.0190. The fourth-order valence-electron chi connectivity index (χ4n) is 2.59. The molecule has 0 heterocycles. The van der Waals surface area contributed by atoms with Gasteiger partial charge < -0.3 is 4.79 Å². The fourth-order valence-corrected chi connectivity index (χ4v) is 2.59. The Morgan fingerprint density at radius 1 is 1.54 bits per heavy atom.